The molecule has 0 bridgehead atoms. The van der Waals surface area contributed by atoms with Gasteiger partial charge in [-0.2, -0.15) is 10.2 Å². The molecular formula is C92H144FN5S2. The topological polar surface area (TPSA) is 77.6 Å². The highest BCUT2D eigenvalue weighted by Gasteiger charge is 2.27. The molecule has 2 N–H and O–H groups in total. The molecule has 0 atom stereocenters. The van der Waals surface area contributed by atoms with Crippen LogP contribution in [0, 0.1) is 19.7 Å². The van der Waals surface area contributed by atoms with Crippen LogP contribution in [0.3, 0.4) is 0 Å². The second-order valence-electron chi connectivity index (χ2n) is 41.1. The predicted octanol–water partition coefficient (Wildman–Crippen LogP) is 27.9. The number of pyridine rings is 1. The lowest BCUT2D eigenvalue weighted by atomic mass is 9.80. The highest BCUT2D eigenvalue weighted by Crippen LogP contribution is 2.38. The summed E-state index contributed by atoms with van der Waals surface area (Å²) in [4.78, 5) is 11.9. The summed E-state index contributed by atoms with van der Waals surface area (Å²) < 4.78 is 15.2. The van der Waals surface area contributed by atoms with Gasteiger partial charge in [-0.1, -0.05) is 325 Å². The number of thiophene rings is 1. The summed E-state index contributed by atoms with van der Waals surface area (Å²) in [5.74, 6) is -0.0880. The van der Waals surface area contributed by atoms with Crippen LogP contribution in [-0.2, 0) is 70.4 Å². The zero-order chi connectivity index (χ0) is 78.1. The molecule has 0 aliphatic heterocycles. The van der Waals surface area contributed by atoms with Crippen LogP contribution in [0.4, 0.5) is 10.1 Å². The number of aromatic nitrogens is 4. The Morgan fingerprint density at radius 2 is 0.630 bits per heavy atom. The van der Waals surface area contributed by atoms with E-state index in [-0.39, 0.29) is 65.4 Å². The van der Waals surface area contributed by atoms with E-state index in [1.807, 2.05) is 50.4 Å². The molecule has 0 fully saturated rings. The van der Waals surface area contributed by atoms with Crippen LogP contribution < -0.4 is 5.73 Å². The first kappa shape index (κ1) is 90.5. The molecule has 556 valence electrons. The Morgan fingerprint density at radius 1 is 0.300 bits per heavy atom. The van der Waals surface area contributed by atoms with E-state index in [4.69, 9.17) is 5.73 Å². The lowest BCUT2D eigenvalue weighted by molar-refractivity contribution is 0.513. The molecule has 0 saturated heterocycles. The summed E-state index contributed by atoms with van der Waals surface area (Å²) in [5, 5.41) is 9.68. The van der Waals surface area contributed by atoms with E-state index >= 15 is 0 Å². The average Bonchev–Trinajstić information content (AvgIpc) is 0.896. The van der Waals surface area contributed by atoms with Crippen molar-refractivity contribution in [1.29, 1.82) is 0 Å². The first-order valence-electron chi connectivity index (χ1n) is 36.6. The van der Waals surface area contributed by atoms with E-state index in [1.54, 1.807) is 17.4 Å². The van der Waals surface area contributed by atoms with Crippen molar-refractivity contribution in [2.75, 3.05) is 5.73 Å². The zero-order valence-electron chi connectivity index (χ0n) is 71.5. The van der Waals surface area contributed by atoms with Gasteiger partial charge in [0, 0.05) is 43.6 Å². The van der Waals surface area contributed by atoms with Crippen LogP contribution >= 0.6 is 22.7 Å². The molecule has 0 unspecified atom stereocenters. The van der Waals surface area contributed by atoms with Crippen molar-refractivity contribution >= 4 is 38.6 Å². The van der Waals surface area contributed by atoms with Gasteiger partial charge >= 0.3 is 0 Å². The van der Waals surface area contributed by atoms with Crippen molar-refractivity contribution in [1.82, 2.24) is 20.2 Å². The van der Waals surface area contributed by atoms with Gasteiger partial charge < -0.3 is 5.73 Å². The van der Waals surface area contributed by atoms with Crippen LogP contribution in [0.15, 0.2) is 115 Å². The molecule has 4 heterocycles. The van der Waals surface area contributed by atoms with Crippen molar-refractivity contribution in [3.8, 4) is 0 Å². The minimum Gasteiger partial charge on any atom is -0.398 e. The smallest absolute Gasteiger partial charge is 0.127 e. The molecular weight excluding hydrogens is 1260 g/mol. The number of anilines is 1. The number of hydrogen-bond acceptors (Lipinski definition) is 7. The summed E-state index contributed by atoms with van der Waals surface area (Å²) in [7, 11) is 0. The normalized spacial score (nSPS) is 12.9. The number of fused-ring (bicyclic) bond motifs is 1. The molecule has 4 aromatic heterocycles. The molecule has 0 radical (unpaired) electrons. The second kappa shape index (κ2) is 33.5. The minimum atomic E-state index is -0.125. The monoisotopic (exact) mass is 1400 g/mol. The molecule has 100 heavy (non-hydrogen) atoms. The summed E-state index contributed by atoms with van der Waals surface area (Å²) in [6.07, 6.45) is 2.00. The van der Waals surface area contributed by atoms with Gasteiger partial charge in [0.05, 0.1) is 26.6 Å². The third kappa shape index (κ3) is 29.6. The fourth-order valence-electron chi connectivity index (χ4n) is 10.3. The third-order valence-corrected chi connectivity index (χ3v) is 20.2. The maximum atomic E-state index is 13.9. The molecule has 0 amide bonds. The van der Waals surface area contributed by atoms with Crippen LogP contribution in [0.1, 0.15) is 352 Å². The maximum Gasteiger partial charge on any atom is 0.127 e. The fraction of sp³-hybridized carbons (Fsp3) is 0.587. The number of benzene rings is 4. The van der Waals surface area contributed by atoms with Crippen LogP contribution in [0.2, 0.25) is 0 Å². The van der Waals surface area contributed by atoms with Crippen LogP contribution in [-0.4, -0.2) is 20.2 Å². The van der Waals surface area contributed by atoms with E-state index < -0.39 is 0 Å². The standard InChI is InChI=1S/C15H24.C14H21F.C14H23N.C13H21N.C12H20N2.C12H15NS.C12H20S/c1-11-10-12(14(2,3)4)8-9-13(11)15(5,6)7;2*1-13(2,3)10-7-8-11(12(15)9-10)14(4,5)6;1-12(2,3)10-7-8-11(14-9-10)13(4,5)6;1-11(2,3)9-7-8-10(14-13-9)12(4,5)6;1-8-13-10-6-5-9(12(2,3)4)7-11(10)14-8;1-11(2,3)9-7-8-10(13-9)12(4,5)6/h8-10H,1-7H3;7-9H,1-6H3;7-9H,15H2,1-6H3;7-9H,1-6H3;7-8H,1-6H3;5-7H,1-4H3;7-8H,1-6H3. The number of nitrogen functional groups attached to an aromatic ring is 1. The molecule has 8 rings (SSSR count). The Labute approximate surface area is 622 Å². The lowest BCUT2D eigenvalue weighted by Crippen LogP contribution is -2.18. The largest absolute Gasteiger partial charge is 0.398 e. The van der Waals surface area contributed by atoms with Gasteiger partial charge in [0.2, 0.25) is 0 Å². The Balaban J connectivity index is 0.000000397. The fourth-order valence-corrected chi connectivity index (χ4v) is 12.3. The minimum absolute atomic E-state index is 0.0112. The number of nitrogens with two attached hydrogens (primary N) is 1. The van der Waals surface area contributed by atoms with E-state index in [2.05, 4.69) is 374 Å². The number of hydrogen-bond donors (Lipinski definition) is 1. The number of nitrogens with zero attached hydrogens (tertiary/aromatic N) is 4. The van der Waals surface area contributed by atoms with Gasteiger partial charge in [-0.3, -0.25) is 4.98 Å². The third-order valence-electron chi connectivity index (χ3n) is 17.3. The SMILES string of the molecule is CC(C)(C)c1ccc(C(C)(C)C)c(F)c1.CC(C)(C)c1ccc(C(C)(C)C)c(N)c1.CC(C)(C)c1ccc(C(C)(C)C)nc1.CC(C)(C)c1ccc(C(C)(C)C)nn1.CC(C)(C)c1ccc(C(C)(C)C)s1.Cc1cc(C(C)(C)C)ccc1C(C)(C)C.Cc1nc2ccc(C(C)(C)C)cc2s1. The number of rotatable bonds is 0. The van der Waals surface area contributed by atoms with E-state index in [0.29, 0.717) is 10.8 Å². The maximum absolute atomic E-state index is 13.9. The quantitative estimate of drug-likeness (QED) is 0.153. The average molecular weight is 1400 g/mol. The molecule has 8 heteroatoms. The highest BCUT2D eigenvalue weighted by molar-refractivity contribution is 7.18. The van der Waals surface area contributed by atoms with E-state index in [9.17, 15) is 4.39 Å². The van der Waals surface area contributed by atoms with Gasteiger partial charge in [0.15, 0.2) is 0 Å². The van der Waals surface area contributed by atoms with Crippen molar-refractivity contribution in [3.05, 3.63) is 203 Å². The predicted molar refractivity (Wildman–Crippen MR) is 446 cm³/mol. The summed E-state index contributed by atoms with van der Waals surface area (Å²) >= 11 is 3.72. The van der Waals surface area contributed by atoms with E-state index in [1.165, 1.54) is 53.4 Å². The number of halogens is 1. The molecule has 0 aliphatic carbocycles. The Morgan fingerprint density at radius 3 is 0.930 bits per heavy atom. The van der Waals surface area contributed by atoms with Crippen molar-refractivity contribution in [2.45, 2.75) is 354 Å². The molecule has 8 aromatic rings. The lowest BCUT2D eigenvalue weighted by Gasteiger charge is -2.25. The second-order valence-corrected chi connectivity index (χ2v) is 43.4. The summed E-state index contributed by atoms with van der Waals surface area (Å²) in [6, 6.07) is 38.6. The van der Waals surface area contributed by atoms with Crippen molar-refractivity contribution < 1.29 is 4.39 Å². The van der Waals surface area contributed by atoms with Crippen LogP contribution in [0.25, 0.3) is 10.2 Å². The number of aryl methyl sites for hydroxylation is 2. The first-order chi connectivity index (χ1) is 44.5. The summed E-state index contributed by atoms with van der Waals surface area (Å²) in [6.45, 7) is 89.8. The highest BCUT2D eigenvalue weighted by atomic mass is 32.1. The van der Waals surface area contributed by atoms with Crippen molar-refractivity contribution in [3.63, 3.8) is 0 Å². The van der Waals surface area contributed by atoms with Gasteiger partial charge in [-0.05, 0) is 173 Å². The Bertz CT molecular complexity index is 3480. The Kier molecular flexibility index (Phi) is 30.3. The molecule has 0 spiro atoms. The molecule has 5 nitrogen and oxygen atoms in total. The molecule has 0 saturated carbocycles. The Hall–Kier alpha value is -5.57. The molecule has 0 aliphatic rings. The van der Waals surface area contributed by atoms with Gasteiger partial charge in [-0.25, -0.2) is 9.37 Å². The van der Waals surface area contributed by atoms with Gasteiger partial charge in [0.1, 0.15) is 5.82 Å². The van der Waals surface area contributed by atoms with Gasteiger partial charge in [-0.15, -0.1) is 22.7 Å². The molecule has 4 aromatic carbocycles. The first-order valence-corrected chi connectivity index (χ1v) is 38.2. The van der Waals surface area contributed by atoms with E-state index in [0.717, 1.165) is 44.4 Å². The van der Waals surface area contributed by atoms with Crippen molar-refractivity contribution in [2.24, 2.45) is 0 Å². The number of thiazole rings is 1. The van der Waals surface area contributed by atoms with Gasteiger partial charge in [0.25, 0.3) is 0 Å². The van der Waals surface area contributed by atoms with Crippen LogP contribution in [0.5, 0.6) is 0 Å². The summed E-state index contributed by atoms with van der Waals surface area (Å²) in [5.41, 5.74) is 24.8. The zero-order valence-corrected chi connectivity index (χ0v) is 73.2.